The van der Waals surface area contributed by atoms with Crippen molar-refractivity contribution in [2.45, 2.75) is 20.2 Å². The number of hydrogen-bond acceptors (Lipinski definition) is 6. The molecule has 0 aliphatic carbocycles. The highest BCUT2D eigenvalue weighted by molar-refractivity contribution is 7.96. The first-order valence-corrected chi connectivity index (χ1v) is 12.5. The van der Waals surface area contributed by atoms with Crippen LogP contribution in [0.1, 0.15) is 16.7 Å². The number of anilines is 1. The molecule has 0 radical (unpaired) electrons. The Morgan fingerprint density at radius 2 is 1.72 bits per heavy atom. The summed E-state index contributed by atoms with van der Waals surface area (Å²) in [4.78, 5) is 12.2. The predicted molar refractivity (Wildman–Crippen MR) is 147 cm³/mol. The zero-order valence-corrected chi connectivity index (χ0v) is 21.5. The molecule has 0 aliphatic rings. The Morgan fingerprint density at radius 3 is 2.44 bits per heavy atom. The minimum absolute atomic E-state index is 0.315. The summed E-state index contributed by atoms with van der Waals surface area (Å²) >= 11 is 0.909. The average Bonchev–Trinajstić information content (AvgIpc) is 3.33. The van der Waals surface area contributed by atoms with Crippen LogP contribution in [0, 0.1) is 13.8 Å². The molecule has 0 saturated heterocycles. The molecule has 39 heavy (non-hydrogen) atoms. The first-order valence-electron chi connectivity index (χ1n) is 11.7. The number of carbonyl (C=O) groups excluding carboxylic acids is 1. The summed E-state index contributed by atoms with van der Waals surface area (Å²) in [7, 11) is 0. The van der Waals surface area contributed by atoms with Crippen LogP contribution in [0.3, 0.4) is 0 Å². The highest BCUT2D eigenvalue weighted by Crippen LogP contribution is 2.34. The van der Waals surface area contributed by atoms with Gasteiger partial charge in [-0.05, 0) is 72.3 Å². The summed E-state index contributed by atoms with van der Waals surface area (Å²) < 4.78 is 53.6. The van der Waals surface area contributed by atoms with Crippen molar-refractivity contribution in [2.24, 2.45) is 4.40 Å². The number of nitrogens with one attached hydrogen (secondary N) is 2. The molecule has 5 rings (SSSR count). The molecule has 1 heterocycles. The number of urea groups is 1. The van der Waals surface area contributed by atoms with Gasteiger partial charge in [0.2, 0.25) is 0 Å². The minimum Gasteiger partial charge on any atom is -0.406 e. The van der Waals surface area contributed by atoms with Gasteiger partial charge < -0.3 is 14.6 Å². The molecule has 0 fully saturated rings. The number of para-hydroxylation sites is 1. The van der Waals surface area contributed by atoms with Crippen molar-refractivity contribution in [3.05, 3.63) is 89.5 Å². The predicted octanol–water partition coefficient (Wildman–Crippen LogP) is 7.97. The molecule has 11 heteroatoms. The lowest BCUT2D eigenvalue weighted by Crippen LogP contribution is -2.23. The molecule has 2 amide bonds. The molecule has 0 spiro atoms. The third-order valence-electron chi connectivity index (χ3n) is 5.95. The van der Waals surface area contributed by atoms with Crippen molar-refractivity contribution >= 4 is 51.7 Å². The first kappa shape index (κ1) is 26.1. The SMILES string of the molecule is Cc1cccc(C)c1NC(=O)NS/N=C/c1ccc2c(ccc3c(-c4ccc(OC(F)(F)F)cc4)onc32)c1. The molecule has 0 aliphatic heterocycles. The average molecular weight is 551 g/mol. The lowest BCUT2D eigenvalue weighted by molar-refractivity contribution is -0.274. The lowest BCUT2D eigenvalue weighted by Gasteiger charge is -2.10. The van der Waals surface area contributed by atoms with Gasteiger partial charge in [-0.15, -0.1) is 13.2 Å². The smallest absolute Gasteiger partial charge is 0.406 e. The monoisotopic (exact) mass is 550 g/mol. The normalized spacial score (nSPS) is 11.8. The van der Waals surface area contributed by atoms with Gasteiger partial charge in [-0.2, -0.15) is 0 Å². The van der Waals surface area contributed by atoms with Crippen LogP contribution in [-0.2, 0) is 0 Å². The molecule has 0 atom stereocenters. The number of ether oxygens (including phenoxy) is 1. The van der Waals surface area contributed by atoms with Crippen molar-refractivity contribution in [3.63, 3.8) is 0 Å². The number of nitrogens with zero attached hydrogens (tertiary/aromatic N) is 2. The number of amides is 2. The lowest BCUT2D eigenvalue weighted by atomic mass is 10.0. The third-order valence-corrected chi connectivity index (χ3v) is 6.44. The fourth-order valence-electron chi connectivity index (χ4n) is 4.16. The second kappa shape index (κ2) is 10.7. The number of alkyl halides is 3. The van der Waals surface area contributed by atoms with E-state index in [1.54, 1.807) is 6.21 Å². The molecule has 0 saturated carbocycles. The fraction of sp³-hybridized carbons (Fsp3) is 0.107. The van der Waals surface area contributed by atoms with E-state index in [1.807, 2.05) is 62.4 Å². The van der Waals surface area contributed by atoms with E-state index in [0.717, 1.165) is 50.7 Å². The van der Waals surface area contributed by atoms with Gasteiger partial charge in [0, 0.05) is 22.9 Å². The Hall–Kier alpha value is -4.51. The molecule has 2 N–H and O–H groups in total. The van der Waals surface area contributed by atoms with E-state index in [0.29, 0.717) is 16.8 Å². The Balaban J connectivity index is 1.27. The van der Waals surface area contributed by atoms with Crippen LogP contribution >= 0.6 is 12.1 Å². The van der Waals surface area contributed by atoms with Crippen LogP contribution in [0.4, 0.5) is 23.7 Å². The molecule has 7 nitrogen and oxygen atoms in total. The molecule has 0 unspecified atom stereocenters. The number of halogens is 3. The zero-order chi connectivity index (χ0) is 27.6. The number of aryl methyl sites for hydroxylation is 2. The zero-order valence-electron chi connectivity index (χ0n) is 20.7. The maximum absolute atomic E-state index is 12.4. The Kier molecular flexibility index (Phi) is 7.16. The van der Waals surface area contributed by atoms with Gasteiger partial charge in [0.25, 0.3) is 0 Å². The quantitative estimate of drug-likeness (QED) is 0.165. The standard InChI is InChI=1S/C28H21F3N4O3S/c1-16-4-3-5-17(2)24(16)33-27(36)35-39-32-15-18-6-12-22-20(14-18)9-13-23-25(22)34-38-26(23)19-7-10-21(11-8-19)37-28(29,30)31/h3-15H,1-2H3,(H2,33,35,36)/b32-15+. The number of benzene rings is 4. The molecule has 4 aromatic carbocycles. The van der Waals surface area contributed by atoms with E-state index in [1.165, 1.54) is 24.3 Å². The van der Waals surface area contributed by atoms with E-state index in [4.69, 9.17) is 4.52 Å². The van der Waals surface area contributed by atoms with Crippen LogP contribution < -0.4 is 14.8 Å². The van der Waals surface area contributed by atoms with Crippen LogP contribution in [0.5, 0.6) is 5.75 Å². The Morgan fingerprint density at radius 1 is 1.00 bits per heavy atom. The molecule has 1 aromatic heterocycles. The van der Waals surface area contributed by atoms with Crippen molar-refractivity contribution in [3.8, 4) is 17.1 Å². The Bertz CT molecular complexity index is 1680. The van der Waals surface area contributed by atoms with Gasteiger partial charge in [0.05, 0.1) is 17.5 Å². The fourth-order valence-corrected chi connectivity index (χ4v) is 4.52. The second-order valence-electron chi connectivity index (χ2n) is 8.67. The van der Waals surface area contributed by atoms with Gasteiger partial charge in [-0.1, -0.05) is 41.6 Å². The van der Waals surface area contributed by atoms with Crippen LogP contribution in [-0.4, -0.2) is 23.8 Å². The maximum atomic E-state index is 12.4. The van der Waals surface area contributed by atoms with Gasteiger partial charge in [0.1, 0.15) is 11.3 Å². The molecular formula is C28H21F3N4O3S. The molecular weight excluding hydrogens is 529 g/mol. The molecule has 5 aromatic rings. The van der Waals surface area contributed by atoms with Crippen molar-refractivity contribution in [1.82, 2.24) is 9.88 Å². The number of rotatable bonds is 6. The number of fused-ring (bicyclic) bond motifs is 3. The number of hydrogen-bond donors (Lipinski definition) is 2. The molecule has 0 bridgehead atoms. The van der Waals surface area contributed by atoms with Crippen LogP contribution in [0.15, 0.2) is 81.7 Å². The molecule has 198 valence electrons. The highest BCUT2D eigenvalue weighted by atomic mass is 32.2. The highest BCUT2D eigenvalue weighted by Gasteiger charge is 2.31. The largest absolute Gasteiger partial charge is 0.573 e. The van der Waals surface area contributed by atoms with Gasteiger partial charge in [-0.25, -0.2) is 9.19 Å². The summed E-state index contributed by atoms with van der Waals surface area (Å²) in [5, 5.41) is 9.49. The Labute approximate surface area is 225 Å². The summed E-state index contributed by atoms with van der Waals surface area (Å²) in [6.45, 7) is 3.85. The maximum Gasteiger partial charge on any atom is 0.573 e. The van der Waals surface area contributed by atoms with Crippen molar-refractivity contribution < 1.29 is 27.2 Å². The van der Waals surface area contributed by atoms with E-state index >= 15 is 0 Å². The topological polar surface area (TPSA) is 88.8 Å². The number of carbonyl (C=O) groups is 1. The van der Waals surface area contributed by atoms with Gasteiger partial charge in [-0.3, -0.25) is 4.72 Å². The minimum atomic E-state index is -4.76. The third kappa shape index (κ3) is 5.99. The van der Waals surface area contributed by atoms with E-state index < -0.39 is 6.36 Å². The second-order valence-corrected chi connectivity index (χ2v) is 9.27. The van der Waals surface area contributed by atoms with Crippen LogP contribution in [0.2, 0.25) is 0 Å². The van der Waals surface area contributed by atoms with Gasteiger partial charge >= 0.3 is 12.4 Å². The van der Waals surface area contributed by atoms with E-state index in [9.17, 15) is 18.0 Å². The van der Waals surface area contributed by atoms with Crippen molar-refractivity contribution in [1.29, 1.82) is 0 Å². The summed E-state index contributed by atoms with van der Waals surface area (Å²) in [6, 6.07) is 20.3. The summed E-state index contributed by atoms with van der Waals surface area (Å²) in [5.41, 5.74) is 4.72. The van der Waals surface area contributed by atoms with Gasteiger partial charge in [0.15, 0.2) is 5.76 Å². The first-order chi connectivity index (χ1) is 18.7. The van der Waals surface area contributed by atoms with Crippen molar-refractivity contribution in [2.75, 3.05) is 5.32 Å². The summed E-state index contributed by atoms with van der Waals surface area (Å²) in [5.74, 6) is 0.128. The summed E-state index contributed by atoms with van der Waals surface area (Å²) in [6.07, 6.45) is -3.13. The van der Waals surface area contributed by atoms with Crippen LogP contribution in [0.25, 0.3) is 33.0 Å². The van der Waals surface area contributed by atoms with E-state index in [2.05, 4.69) is 24.3 Å². The number of aromatic nitrogens is 1. The van der Waals surface area contributed by atoms with E-state index in [-0.39, 0.29) is 11.8 Å².